The van der Waals surface area contributed by atoms with Gasteiger partial charge in [-0.3, -0.25) is 0 Å². The maximum atomic E-state index is 13.8. The molecule has 0 spiro atoms. The smallest absolute Gasteiger partial charge is 0.331 e. The largest absolute Gasteiger partial charge is 0.450 e. The van der Waals surface area contributed by atoms with Gasteiger partial charge in [-0.05, 0) is 105 Å². The van der Waals surface area contributed by atoms with Gasteiger partial charge in [0.25, 0.3) is 0 Å². The van der Waals surface area contributed by atoms with Crippen LogP contribution in [0.2, 0.25) is 0 Å². The SMILES string of the molecule is COCCCNCC1=CC2CC3(O)C(C)(CCC4C5(C=O)CCC(O)C6CCC(C(C)C7CCCC7)CC(C(O)C43O)C65O)C2C2=CC(=O)OC12. The number of aliphatic hydroxyl groups excluding tert-OH is 2. The van der Waals surface area contributed by atoms with E-state index in [1.54, 1.807) is 13.2 Å². The minimum absolute atomic E-state index is 0.143. The fourth-order valence-corrected chi connectivity index (χ4v) is 14.5. The van der Waals surface area contributed by atoms with Crippen molar-refractivity contribution >= 4 is 12.3 Å². The Bertz CT molecular complexity index is 1460. The molecule has 6 fully saturated rings. The lowest BCUT2D eigenvalue weighted by Crippen LogP contribution is -2.85. The molecule has 10 nitrogen and oxygen atoms in total. The molecule has 284 valence electrons. The van der Waals surface area contributed by atoms with Crippen molar-refractivity contribution in [1.82, 2.24) is 5.32 Å². The molecule has 51 heavy (non-hydrogen) atoms. The lowest BCUT2D eigenvalue weighted by molar-refractivity contribution is -0.373. The predicted octanol–water partition coefficient (Wildman–Crippen LogP) is 3.22. The van der Waals surface area contributed by atoms with E-state index in [0.717, 1.165) is 49.7 Å². The van der Waals surface area contributed by atoms with E-state index in [1.165, 1.54) is 12.8 Å². The summed E-state index contributed by atoms with van der Waals surface area (Å²) in [5.74, 6) is -2.35. The lowest BCUT2D eigenvalue weighted by atomic mass is 9.35. The van der Waals surface area contributed by atoms with Crippen LogP contribution < -0.4 is 5.32 Å². The highest BCUT2D eigenvalue weighted by molar-refractivity contribution is 5.87. The molecule has 6 saturated carbocycles. The zero-order chi connectivity index (χ0) is 36.1. The molecule has 1 aliphatic heterocycles. The molecule has 15 unspecified atom stereocenters. The van der Waals surface area contributed by atoms with Crippen LogP contribution >= 0.6 is 0 Å². The van der Waals surface area contributed by atoms with E-state index in [2.05, 4.69) is 18.3 Å². The third kappa shape index (κ3) is 4.72. The molecular formula is C41H61NO9. The molecular weight excluding hydrogens is 650 g/mol. The molecule has 0 aromatic heterocycles. The van der Waals surface area contributed by atoms with Gasteiger partial charge >= 0.3 is 5.97 Å². The van der Waals surface area contributed by atoms with E-state index in [4.69, 9.17) is 9.47 Å². The van der Waals surface area contributed by atoms with E-state index < -0.39 is 69.7 Å². The number of aliphatic hydroxyl groups is 5. The number of aldehydes is 1. The highest BCUT2D eigenvalue weighted by atomic mass is 16.5. The molecule has 0 aromatic carbocycles. The molecule has 10 heteroatoms. The third-order valence-electron chi connectivity index (χ3n) is 16.9. The lowest BCUT2D eigenvalue weighted by Gasteiger charge is -2.72. The number of fused-ring (bicyclic) bond motifs is 8. The van der Waals surface area contributed by atoms with E-state index in [1.807, 2.05) is 6.92 Å². The molecule has 7 aliphatic carbocycles. The monoisotopic (exact) mass is 711 g/mol. The second-order valence-corrected chi connectivity index (χ2v) is 18.5. The fourth-order valence-electron chi connectivity index (χ4n) is 14.5. The second kappa shape index (κ2) is 12.7. The first-order valence-corrected chi connectivity index (χ1v) is 20.1. The van der Waals surface area contributed by atoms with Gasteiger partial charge in [-0.15, -0.1) is 0 Å². The topological polar surface area (TPSA) is 166 Å². The molecule has 0 amide bonds. The molecule has 6 N–H and O–H groups in total. The van der Waals surface area contributed by atoms with Crippen molar-refractivity contribution in [2.24, 2.45) is 58.2 Å². The van der Waals surface area contributed by atoms with E-state index in [-0.39, 0.29) is 30.6 Å². The van der Waals surface area contributed by atoms with Gasteiger partial charge in [0.15, 0.2) is 0 Å². The molecule has 0 radical (unpaired) electrons. The van der Waals surface area contributed by atoms with Crippen LogP contribution in [0.4, 0.5) is 0 Å². The van der Waals surface area contributed by atoms with Gasteiger partial charge in [0.1, 0.15) is 23.6 Å². The van der Waals surface area contributed by atoms with E-state index in [0.29, 0.717) is 57.1 Å². The first kappa shape index (κ1) is 36.3. The standard InChI is InChI=1S/C41H61NO9/c1-23(24-7-4-5-8-24)25-9-10-29-31(44)11-14-38(22-43)32-12-13-37(2)34-26(20-39(37,47)41(32,49)36(46)30(18-25)40(29,38)48)17-27(21-42-15-6-16-50-3)35-28(34)19-33(45)51-35/h17,19,22-26,29-32,34-36,42,44,46-49H,4-16,18,20-21H2,1-3H3. The van der Waals surface area contributed by atoms with Crippen LogP contribution in [-0.4, -0.2) is 99.7 Å². The summed E-state index contributed by atoms with van der Waals surface area (Å²) in [7, 11) is 1.67. The first-order valence-electron chi connectivity index (χ1n) is 20.1. The Labute approximate surface area is 302 Å². The number of rotatable bonds is 9. The molecule has 8 aliphatic rings. The van der Waals surface area contributed by atoms with Crippen LogP contribution in [0, 0.1) is 58.2 Å². The Balaban J connectivity index is 1.21. The van der Waals surface area contributed by atoms with Crippen LogP contribution in [0.15, 0.2) is 23.3 Å². The Morgan fingerprint density at radius 2 is 1.78 bits per heavy atom. The number of ether oxygens (including phenoxy) is 2. The summed E-state index contributed by atoms with van der Waals surface area (Å²) in [6, 6.07) is 0. The highest BCUT2D eigenvalue weighted by Crippen LogP contribution is 2.76. The molecule has 15 atom stereocenters. The van der Waals surface area contributed by atoms with Crippen molar-refractivity contribution in [1.29, 1.82) is 0 Å². The van der Waals surface area contributed by atoms with Crippen LogP contribution in [0.5, 0.6) is 0 Å². The van der Waals surface area contributed by atoms with Crippen molar-refractivity contribution in [3.8, 4) is 0 Å². The summed E-state index contributed by atoms with van der Waals surface area (Å²) in [4.78, 5) is 26.7. The molecule has 0 aromatic rings. The summed E-state index contributed by atoms with van der Waals surface area (Å²) < 4.78 is 11.1. The van der Waals surface area contributed by atoms with Crippen LogP contribution in [0.3, 0.4) is 0 Å². The summed E-state index contributed by atoms with van der Waals surface area (Å²) in [6.45, 7) is 6.13. The van der Waals surface area contributed by atoms with Gasteiger partial charge in [0.2, 0.25) is 0 Å². The summed E-state index contributed by atoms with van der Waals surface area (Å²) in [5.41, 5.74) is -6.33. The quantitative estimate of drug-likeness (QED) is 0.0906. The van der Waals surface area contributed by atoms with Crippen LogP contribution in [0.25, 0.3) is 0 Å². The average Bonchev–Trinajstić information content (AvgIpc) is 3.80. The van der Waals surface area contributed by atoms with Gasteiger partial charge < -0.3 is 45.1 Å². The maximum Gasteiger partial charge on any atom is 0.331 e. The van der Waals surface area contributed by atoms with Crippen molar-refractivity contribution in [3.05, 3.63) is 23.3 Å². The summed E-state index contributed by atoms with van der Waals surface area (Å²) >= 11 is 0. The van der Waals surface area contributed by atoms with Crippen molar-refractivity contribution in [2.45, 2.75) is 132 Å². The Hall–Kier alpha value is -1.66. The Morgan fingerprint density at radius 1 is 1.02 bits per heavy atom. The van der Waals surface area contributed by atoms with E-state index >= 15 is 0 Å². The molecule has 1 heterocycles. The van der Waals surface area contributed by atoms with Crippen molar-refractivity contribution in [3.63, 3.8) is 0 Å². The Morgan fingerprint density at radius 3 is 2.51 bits per heavy atom. The Kier molecular flexibility index (Phi) is 9.05. The first-order chi connectivity index (χ1) is 24.3. The molecule has 8 rings (SSSR count). The number of methoxy groups -OCH3 is 1. The maximum absolute atomic E-state index is 13.8. The van der Waals surface area contributed by atoms with E-state index in [9.17, 15) is 35.1 Å². The van der Waals surface area contributed by atoms with Crippen molar-refractivity contribution in [2.75, 3.05) is 26.8 Å². The number of nitrogens with one attached hydrogen (secondary N) is 1. The van der Waals surface area contributed by atoms with Gasteiger partial charge in [-0.1, -0.05) is 45.6 Å². The second-order valence-electron chi connectivity index (χ2n) is 18.5. The van der Waals surface area contributed by atoms with Gasteiger partial charge in [-0.2, -0.15) is 0 Å². The zero-order valence-corrected chi connectivity index (χ0v) is 30.8. The minimum Gasteiger partial charge on any atom is -0.450 e. The highest BCUT2D eigenvalue weighted by Gasteiger charge is 2.84. The van der Waals surface area contributed by atoms with Gasteiger partial charge in [-0.25, -0.2) is 4.79 Å². The molecule has 0 saturated heterocycles. The number of carbonyl (C=O) groups excluding carboxylic acids is 2. The zero-order valence-electron chi connectivity index (χ0n) is 30.8. The number of hydrogen-bond acceptors (Lipinski definition) is 10. The van der Waals surface area contributed by atoms with Crippen LogP contribution in [-0.2, 0) is 19.1 Å². The average molecular weight is 712 g/mol. The third-order valence-corrected chi connectivity index (χ3v) is 16.9. The normalized spacial score (nSPS) is 50.8. The van der Waals surface area contributed by atoms with Gasteiger partial charge in [0, 0.05) is 49.5 Å². The number of carbonyl (C=O) groups is 2. The molecule has 0 bridgehead atoms. The van der Waals surface area contributed by atoms with Gasteiger partial charge in [0.05, 0.1) is 23.2 Å². The van der Waals surface area contributed by atoms with Crippen LogP contribution in [0.1, 0.15) is 97.3 Å². The fraction of sp³-hybridized carbons (Fsp3) is 0.854. The minimum atomic E-state index is -2.11. The predicted molar refractivity (Wildman–Crippen MR) is 188 cm³/mol. The van der Waals surface area contributed by atoms with Crippen molar-refractivity contribution < 1.29 is 44.6 Å². The summed E-state index contributed by atoms with van der Waals surface area (Å²) in [6.07, 6.45) is 10.4. The number of hydrogen-bond donors (Lipinski definition) is 6. The number of esters is 1. The summed E-state index contributed by atoms with van der Waals surface area (Å²) in [5, 5.41) is 68.1. The number of allylic oxidation sites excluding steroid dienone is 1.